The first-order valence-electron chi connectivity index (χ1n) is 10.1. The van der Waals surface area contributed by atoms with E-state index in [1.54, 1.807) is 54.6 Å². The Morgan fingerprint density at radius 2 is 1.72 bits per heavy atom. The third-order valence-electron chi connectivity index (χ3n) is 4.81. The van der Waals surface area contributed by atoms with Crippen LogP contribution in [0.3, 0.4) is 0 Å². The van der Waals surface area contributed by atoms with Gasteiger partial charge >= 0.3 is 5.97 Å². The van der Waals surface area contributed by atoms with Crippen LogP contribution in [0.25, 0.3) is 10.9 Å². The van der Waals surface area contributed by atoms with Crippen LogP contribution in [0.1, 0.15) is 41.5 Å². The van der Waals surface area contributed by atoms with E-state index in [-0.39, 0.29) is 11.5 Å². The van der Waals surface area contributed by atoms with Crippen molar-refractivity contribution in [3.05, 3.63) is 105 Å². The topological polar surface area (TPSA) is 73.6 Å². The molecular weight excluding hydrogens is 470 g/mol. The summed E-state index contributed by atoms with van der Waals surface area (Å²) in [4.78, 5) is 30.2. The summed E-state index contributed by atoms with van der Waals surface area (Å²) in [6.45, 7) is 3.91. The molecule has 4 rings (SSSR count). The molecule has 0 bridgehead atoms. The number of esters is 1. The van der Waals surface area contributed by atoms with Crippen molar-refractivity contribution in [3.63, 3.8) is 0 Å². The molecule has 0 N–H and O–H groups in total. The number of aromatic nitrogens is 2. The first-order chi connectivity index (χ1) is 15.4. The Hall–Kier alpha value is -3.58. The van der Waals surface area contributed by atoms with Gasteiger partial charge in [0, 0.05) is 16.0 Å². The number of para-hydroxylation sites is 2. The van der Waals surface area contributed by atoms with Crippen molar-refractivity contribution in [2.75, 3.05) is 0 Å². The highest BCUT2D eigenvalue weighted by Crippen LogP contribution is 2.20. The predicted octanol–water partition coefficient (Wildman–Crippen LogP) is 5.38. The van der Waals surface area contributed by atoms with Gasteiger partial charge in [-0.25, -0.2) is 9.78 Å². The van der Waals surface area contributed by atoms with Crippen molar-refractivity contribution in [1.82, 2.24) is 9.66 Å². The lowest BCUT2D eigenvalue weighted by atomic mass is 10.2. The number of ether oxygens (including phenoxy) is 1. The summed E-state index contributed by atoms with van der Waals surface area (Å²) in [7, 11) is 0. The molecule has 160 valence electrons. The minimum atomic E-state index is -0.481. The van der Waals surface area contributed by atoms with Crippen LogP contribution in [0.15, 0.2) is 87.2 Å². The van der Waals surface area contributed by atoms with Gasteiger partial charge < -0.3 is 4.74 Å². The first kappa shape index (κ1) is 21.6. The summed E-state index contributed by atoms with van der Waals surface area (Å²) in [5.41, 5.74) is 1.38. The van der Waals surface area contributed by atoms with E-state index in [4.69, 9.17) is 4.74 Å². The number of carbonyl (C=O) groups excluding carboxylic acids is 1. The molecule has 1 aromatic heterocycles. The molecule has 0 spiro atoms. The van der Waals surface area contributed by atoms with Gasteiger partial charge in [-0.15, -0.1) is 0 Å². The first-order valence-corrected chi connectivity index (χ1v) is 10.9. The number of benzene rings is 3. The Kier molecular flexibility index (Phi) is 6.28. The smallest absolute Gasteiger partial charge is 0.343 e. The molecule has 1 heterocycles. The largest absolute Gasteiger partial charge is 0.422 e. The quantitative estimate of drug-likeness (QED) is 0.214. The van der Waals surface area contributed by atoms with Crippen molar-refractivity contribution in [2.24, 2.45) is 5.10 Å². The second-order valence-corrected chi connectivity index (χ2v) is 8.35. The van der Waals surface area contributed by atoms with E-state index >= 15 is 0 Å². The van der Waals surface area contributed by atoms with E-state index in [1.807, 2.05) is 32.0 Å². The SMILES string of the molecule is CC(C)c1nc2ccccc2c(=O)n1N=Cc1ccccc1OC(=O)c1ccc(Br)cc1. The van der Waals surface area contributed by atoms with E-state index < -0.39 is 5.97 Å². The zero-order valence-electron chi connectivity index (χ0n) is 17.5. The molecule has 3 aromatic carbocycles. The summed E-state index contributed by atoms with van der Waals surface area (Å²) in [5.74, 6) is 0.395. The van der Waals surface area contributed by atoms with Gasteiger partial charge in [-0.05, 0) is 48.5 Å². The molecule has 0 saturated carbocycles. The molecule has 0 unspecified atom stereocenters. The monoisotopic (exact) mass is 489 g/mol. The number of nitrogens with zero attached hydrogens (tertiary/aromatic N) is 3. The zero-order chi connectivity index (χ0) is 22.7. The van der Waals surface area contributed by atoms with Crippen LogP contribution >= 0.6 is 15.9 Å². The van der Waals surface area contributed by atoms with Crippen molar-refractivity contribution >= 4 is 39.0 Å². The van der Waals surface area contributed by atoms with Gasteiger partial charge in [-0.3, -0.25) is 4.79 Å². The minimum Gasteiger partial charge on any atom is -0.422 e. The molecule has 32 heavy (non-hydrogen) atoms. The molecule has 0 atom stereocenters. The van der Waals surface area contributed by atoms with Crippen LogP contribution in [-0.2, 0) is 0 Å². The van der Waals surface area contributed by atoms with Gasteiger partial charge in [0.1, 0.15) is 11.6 Å². The molecule has 0 fully saturated rings. The molecule has 0 aliphatic heterocycles. The van der Waals surface area contributed by atoms with E-state index in [0.717, 1.165) is 4.47 Å². The Morgan fingerprint density at radius 1 is 1.03 bits per heavy atom. The number of carbonyl (C=O) groups is 1. The standard InChI is InChI=1S/C25H20BrN3O3/c1-16(2)23-28-21-9-5-4-8-20(21)24(30)29(23)27-15-18-7-3-6-10-22(18)32-25(31)17-11-13-19(26)14-12-17/h3-16H,1-2H3. The van der Waals surface area contributed by atoms with E-state index in [0.29, 0.717) is 33.6 Å². The van der Waals surface area contributed by atoms with Gasteiger partial charge in [0.25, 0.3) is 5.56 Å². The van der Waals surface area contributed by atoms with Crippen LogP contribution < -0.4 is 10.3 Å². The molecule has 0 saturated heterocycles. The Bertz CT molecular complexity index is 1380. The Morgan fingerprint density at radius 3 is 2.47 bits per heavy atom. The van der Waals surface area contributed by atoms with E-state index in [1.165, 1.54) is 10.9 Å². The highest BCUT2D eigenvalue weighted by Gasteiger charge is 2.14. The van der Waals surface area contributed by atoms with Crippen molar-refractivity contribution in [3.8, 4) is 5.75 Å². The van der Waals surface area contributed by atoms with E-state index in [9.17, 15) is 9.59 Å². The Labute approximate surface area is 193 Å². The lowest BCUT2D eigenvalue weighted by Crippen LogP contribution is -2.23. The molecule has 6 nitrogen and oxygen atoms in total. The normalized spacial score (nSPS) is 11.4. The number of hydrogen-bond donors (Lipinski definition) is 0. The third kappa shape index (κ3) is 4.53. The van der Waals surface area contributed by atoms with Gasteiger partial charge in [-0.2, -0.15) is 9.78 Å². The van der Waals surface area contributed by atoms with Gasteiger partial charge in [0.15, 0.2) is 0 Å². The van der Waals surface area contributed by atoms with Gasteiger partial charge in [0.2, 0.25) is 0 Å². The fraction of sp³-hybridized carbons (Fsp3) is 0.120. The number of hydrogen-bond acceptors (Lipinski definition) is 5. The average molecular weight is 490 g/mol. The molecule has 0 amide bonds. The summed E-state index contributed by atoms with van der Waals surface area (Å²) in [5, 5.41) is 4.91. The summed E-state index contributed by atoms with van der Waals surface area (Å²) in [6, 6.07) is 21.1. The second kappa shape index (κ2) is 9.28. The molecule has 0 aliphatic rings. The molecule has 4 aromatic rings. The summed E-state index contributed by atoms with van der Waals surface area (Å²) >= 11 is 3.35. The number of fused-ring (bicyclic) bond motifs is 1. The third-order valence-corrected chi connectivity index (χ3v) is 5.34. The maximum absolute atomic E-state index is 13.1. The zero-order valence-corrected chi connectivity index (χ0v) is 19.1. The van der Waals surface area contributed by atoms with Crippen LogP contribution in [0.4, 0.5) is 0 Å². The maximum Gasteiger partial charge on any atom is 0.343 e. The number of halogens is 1. The molecule has 7 heteroatoms. The van der Waals surface area contributed by atoms with Gasteiger partial charge in [0.05, 0.1) is 22.7 Å². The molecular formula is C25H20BrN3O3. The fourth-order valence-electron chi connectivity index (χ4n) is 3.17. The van der Waals surface area contributed by atoms with Crippen LogP contribution in [0.2, 0.25) is 0 Å². The summed E-state index contributed by atoms with van der Waals surface area (Å²) < 4.78 is 7.77. The van der Waals surface area contributed by atoms with Crippen LogP contribution in [-0.4, -0.2) is 21.8 Å². The predicted molar refractivity (Wildman–Crippen MR) is 129 cm³/mol. The fourth-order valence-corrected chi connectivity index (χ4v) is 3.44. The van der Waals surface area contributed by atoms with Crippen molar-refractivity contribution < 1.29 is 9.53 Å². The maximum atomic E-state index is 13.1. The molecule has 0 aliphatic carbocycles. The minimum absolute atomic E-state index is 0.0186. The number of rotatable bonds is 5. The lowest BCUT2D eigenvalue weighted by molar-refractivity contribution is 0.0734. The van der Waals surface area contributed by atoms with Crippen LogP contribution in [0, 0.1) is 0 Å². The summed E-state index contributed by atoms with van der Waals surface area (Å²) in [6.07, 6.45) is 1.51. The van der Waals surface area contributed by atoms with Gasteiger partial charge in [-0.1, -0.05) is 54.0 Å². The van der Waals surface area contributed by atoms with E-state index in [2.05, 4.69) is 26.0 Å². The van der Waals surface area contributed by atoms with Crippen LogP contribution in [0.5, 0.6) is 5.75 Å². The highest BCUT2D eigenvalue weighted by molar-refractivity contribution is 9.10. The van der Waals surface area contributed by atoms with Crippen molar-refractivity contribution in [1.29, 1.82) is 0 Å². The average Bonchev–Trinajstić information content (AvgIpc) is 2.79. The highest BCUT2D eigenvalue weighted by atomic mass is 79.9. The molecule has 0 radical (unpaired) electrons. The lowest BCUT2D eigenvalue weighted by Gasteiger charge is -2.12. The Balaban J connectivity index is 1.70. The second-order valence-electron chi connectivity index (χ2n) is 7.44. The van der Waals surface area contributed by atoms with Crippen molar-refractivity contribution in [2.45, 2.75) is 19.8 Å².